The summed E-state index contributed by atoms with van der Waals surface area (Å²) in [5, 5.41) is 0. The van der Waals surface area contributed by atoms with Crippen LogP contribution in [0.25, 0.3) is 22.3 Å². The molecule has 3 aromatic carbocycles. The van der Waals surface area contributed by atoms with Crippen molar-refractivity contribution < 1.29 is 28.5 Å². The molecule has 1 fully saturated rings. The summed E-state index contributed by atoms with van der Waals surface area (Å²) in [5.74, 6) is 1.66. The molecule has 3 aromatic rings. The van der Waals surface area contributed by atoms with Gasteiger partial charge < -0.3 is 18.9 Å². The molecule has 46 heavy (non-hydrogen) atoms. The normalized spacial score (nSPS) is 16.0. The predicted octanol–water partition coefficient (Wildman–Crippen LogP) is 9.48. The second-order valence-electron chi connectivity index (χ2n) is 12.3. The van der Waals surface area contributed by atoms with E-state index in [1.165, 1.54) is 69.6 Å². The summed E-state index contributed by atoms with van der Waals surface area (Å²) in [4.78, 5) is 23.9. The molecule has 0 radical (unpaired) electrons. The minimum atomic E-state index is -0.470. The van der Waals surface area contributed by atoms with Gasteiger partial charge in [-0.25, -0.2) is 9.59 Å². The molecule has 4 rings (SSSR count). The van der Waals surface area contributed by atoms with Crippen molar-refractivity contribution in [1.29, 1.82) is 0 Å². The van der Waals surface area contributed by atoms with E-state index in [9.17, 15) is 9.59 Å². The number of ether oxygens (including phenoxy) is 4. The lowest BCUT2D eigenvalue weighted by Gasteiger charge is -2.30. The van der Waals surface area contributed by atoms with Gasteiger partial charge in [0.15, 0.2) is 0 Å². The Morgan fingerprint density at radius 3 is 2.04 bits per heavy atom. The molecule has 6 heteroatoms. The van der Waals surface area contributed by atoms with Gasteiger partial charge in [-0.1, -0.05) is 88.2 Å². The van der Waals surface area contributed by atoms with Crippen molar-refractivity contribution in [1.82, 2.24) is 0 Å². The molecule has 0 spiro atoms. The van der Waals surface area contributed by atoms with Crippen molar-refractivity contribution in [2.75, 3.05) is 26.9 Å². The van der Waals surface area contributed by atoms with Crippen LogP contribution >= 0.6 is 0 Å². The Morgan fingerprint density at radius 1 is 0.783 bits per heavy atom. The Balaban J connectivity index is 1.48. The lowest BCUT2D eigenvalue weighted by molar-refractivity contribution is -0.140. The van der Waals surface area contributed by atoms with Gasteiger partial charge in [0.05, 0.1) is 12.2 Å². The first-order chi connectivity index (χ1) is 22.3. The van der Waals surface area contributed by atoms with Gasteiger partial charge in [-0.2, -0.15) is 0 Å². The minimum Gasteiger partial charge on any atom is -0.490 e. The second kappa shape index (κ2) is 17.5. The molecule has 1 aliphatic carbocycles. The average molecular weight is 625 g/mol. The molecule has 0 N–H and O–H groups in total. The van der Waals surface area contributed by atoms with E-state index >= 15 is 0 Å². The van der Waals surface area contributed by atoms with Crippen molar-refractivity contribution in [3.63, 3.8) is 0 Å². The zero-order chi connectivity index (χ0) is 32.9. The number of rotatable bonds is 16. The third-order valence-corrected chi connectivity index (χ3v) is 8.66. The molecule has 244 valence electrons. The van der Waals surface area contributed by atoms with Crippen LogP contribution in [0.1, 0.15) is 76.7 Å². The van der Waals surface area contributed by atoms with E-state index in [-0.39, 0.29) is 25.4 Å². The summed E-state index contributed by atoms with van der Waals surface area (Å²) in [6.07, 6.45) is 10.1. The minimum absolute atomic E-state index is 0.139. The lowest BCUT2D eigenvalue weighted by Crippen LogP contribution is -2.16. The largest absolute Gasteiger partial charge is 0.490 e. The van der Waals surface area contributed by atoms with Crippen LogP contribution in [0.2, 0.25) is 0 Å². The van der Waals surface area contributed by atoms with E-state index < -0.39 is 11.9 Å². The first-order valence-corrected chi connectivity index (χ1v) is 16.5. The highest BCUT2D eigenvalue weighted by Crippen LogP contribution is 2.43. The fourth-order valence-electron chi connectivity index (χ4n) is 6.06. The van der Waals surface area contributed by atoms with Crippen molar-refractivity contribution in [3.05, 3.63) is 96.6 Å². The number of esters is 2. The van der Waals surface area contributed by atoms with E-state index in [1.54, 1.807) is 19.1 Å². The van der Waals surface area contributed by atoms with Gasteiger partial charge >= 0.3 is 11.9 Å². The predicted molar refractivity (Wildman–Crippen MR) is 184 cm³/mol. The van der Waals surface area contributed by atoms with Crippen molar-refractivity contribution in [2.45, 2.75) is 71.1 Å². The fourth-order valence-corrected chi connectivity index (χ4v) is 6.06. The first-order valence-electron chi connectivity index (χ1n) is 16.5. The molecule has 0 atom stereocenters. The molecule has 0 amide bonds. The molecule has 6 nitrogen and oxygen atoms in total. The van der Waals surface area contributed by atoms with Crippen LogP contribution in [-0.4, -0.2) is 38.9 Å². The number of methoxy groups -OCH3 is 1. The molecule has 0 bridgehead atoms. The van der Waals surface area contributed by atoms with E-state index in [1.807, 2.05) is 18.2 Å². The van der Waals surface area contributed by atoms with Crippen LogP contribution in [0.3, 0.4) is 0 Å². The highest BCUT2D eigenvalue weighted by atomic mass is 16.6. The quantitative estimate of drug-likeness (QED) is 0.0684. The van der Waals surface area contributed by atoms with Gasteiger partial charge in [0.1, 0.15) is 24.7 Å². The standard InChI is InChI=1S/C40H48O6/c1-6-7-8-9-30-10-12-34(13-11-30)38-26-36(44-24-25-45-40(42)29(4)27-43-5)22-23-37(38)33-16-14-31(15-17-33)32-18-20-35(21-19-32)46-39(41)28(2)3/h14-23,26,30,34H,2,4,6-13,24-25,27H2,1,3,5H3. The second-order valence-corrected chi connectivity index (χ2v) is 12.3. The zero-order valence-corrected chi connectivity index (χ0v) is 27.6. The zero-order valence-electron chi connectivity index (χ0n) is 27.6. The number of carbonyl (C=O) groups excluding carboxylic acids is 2. The van der Waals surface area contributed by atoms with Gasteiger partial charge in [-0.15, -0.1) is 0 Å². The molecular formula is C40H48O6. The Bertz CT molecular complexity index is 1460. The molecule has 1 aliphatic rings. The summed E-state index contributed by atoms with van der Waals surface area (Å²) in [5.41, 5.74) is 6.46. The third-order valence-electron chi connectivity index (χ3n) is 8.66. The van der Waals surface area contributed by atoms with Crippen LogP contribution in [0.4, 0.5) is 0 Å². The molecular weight excluding hydrogens is 576 g/mol. The van der Waals surface area contributed by atoms with Gasteiger partial charge in [-0.05, 0) is 96.5 Å². The maximum Gasteiger partial charge on any atom is 0.338 e. The van der Waals surface area contributed by atoms with E-state index in [4.69, 9.17) is 18.9 Å². The Morgan fingerprint density at radius 2 is 1.41 bits per heavy atom. The molecule has 0 heterocycles. The number of benzene rings is 3. The van der Waals surface area contributed by atoms with E-state index in [0.29, 0.717) is 17.2 Å². The van der Waals surface area contributed by atoms with Crippen molar-refractivity contribution >= 4 is 11.9 Å². The van der Waals surface area contributed by atoms with Crippen LogP contribution < -0.4 is 9.47 Å². The van der Waals surface area contributed by atoms with Gasteiger partial charge in [-0.3, -0.25) is 0 Å². The van der Waals surface area contributed by atoms with Gasteiger partial charge in [0.25, 0.3) is 0 Å². The lowest BCUT2D eigenvalue weighted by atomic mass is 9.75. The smallest absolute Gasteiger partial charge is 0.338 e. The van der Waals surface area contributed by atoms with Gasteiger partial charge in [0, 0.05) is 12.7 Å². The molecule has 1 saturated carbocycles. The molecule has 0 aliphatic heterocycles. The Labute approximate surface area is 274 Å². The van der Waals surface area contributed by atoms with Crippen LogP contribution in [-0.2, 0) is 19.1 Å². The first kappa shape index (κ1) is 34.7. The summed E-state index contributed by atoms with van der Waals surface area (Å²) >= 11 is 0. The van der Waals surface area contributed by atoms with Crippen molar-refractivity contribution in [3.8, 4) is 33.8 Å². The van der Waals surface area contributed by atoms with E-state index in [2.05, 4.69) is 56.5 Å². The Kier molecular flexibility index (Phi) is 13.2. The maximum atomic E-state index is 12.0. The third kappa shape index (κ3) is 9.92. The maximum absolute atomic E-state index is 12.0. The van der Waals surface area contributed by atoms with Crippen LogP contribution in [0.5, 0.6) is 11.5 Å². The molecule has 0 saturated heterocycles. The summed E-state index contributed by atoms with van der Waals surface area (Å²) < 4.78 is 21.6. The van der Waals surface area contributed by atoms with Crippen LogP contribution in [0, 0.1) is 5.92 Å². The van der Waals surface area contributed by atoms with Crippen molar-refractivity contribution in [2.24, 2.45) is 5.92 Å². The molecule has 0 unspecified atom stereocenters. The Hall–Kier alpha value is -4.16. The molecule has 0 aromatic heterocycles. The SMILES string of the molecule is C=C(C)C(=O)Oc1ccc(-c2ccc(-c3ccc(OCCOC(=O)C(=C)COC)cc3C3CCC(CCCCC)CC3)cc2)cc1. The number of hydrogen-bond acceptors (Lipinski definition) is 6. The monoisotopic (exact) mass is 624 g/mol. The number of carbonyl (C=O) groups is 2. The summed E-state index contributed by atoms with van der Waals surface area (Å²) in [7, 11) is 1.52. The number of unbranched alkanes of at least 4 members (excludes halogenated alkanes) is 2. The topological polar surface area (TPSA) is 71.1 Å². The number of hydrogen-bond donors (Lipinski definition) is 0. The summed E-state index contributed by atoms with van der Waals surface area (Å²) in [6, 6.07) is 22.5. The fraction of sp³-hybridized carbons (Fsp3) is 0.400. The summed E-state index contributed by atoms with van der Waals surface area (Å²) in [6.45, 7) is 11.8. The van der Waals surface area contributed by atoms with Crippen LogP contribution in [0.15, 0.2) is 91.0 Å². The average Bonchev–Trinajstić information content (AvgIpc) is 3.07. The van der Waals surface area contributed by atoms with E-state index in [0.717, 1.165) is 28.4 Å². The highest BCUT2D eigenvalue weighted by Gasteiger charge is 2.25. The highest BCUT2D eigenvalue weighted by molar-refractivity contribution is 5.89. The van der Waals surface area contributed by atoms with Gasteiger partial charge in [0.2, 0.25) is 0 Å².